The quantitative estimate of drug-likeness (QED) is 0.476. The summed E-state index contributed by atoms with van der Waals surface area (Å²) in [6.07, 6.45) is 0. The van der Waals surface area contributed by atoms with Gasteiger partial charge in [0.1, 0.15) is 17.1 Å². The molecule has 0 aliphatic heterocycles. The average Bonchev–Trinajstić information content (AvgIpc) is 2.40. The predicted octanol–water partition coefficient (Wildman–Crippen LogP) is 3.83. The molecule has 2 aromatic rings. The number of benzene rings is 2. The van der Waals surface area contributed by atoms with Crippen LogP contribution in [-0.2, 0) is 0 Å². The highest BCUT2D eigenvalue weighted by Crippen LogP contribution is 2.34. The number of nitrogens with zero attached hydrogens (tertiary/aromatic N) is 1. The van der Waals surface area contributed by atoms with Gasteiger partial charge in [-0.15, -0.1) is 0 Å². The Hall–Kier alpha value is -2.23. The van der Waals surface area contributed by atoms with Gasteiger partial charge in [0.25, 0.3) is 0 Å². The highest BCUT2D eigenvalue weighted by Gasteiger charge is 2.19. The molecule has 8 heteroatoms. The first-order valence-corrected chi connectivity index (χ1v) is 6.61. The van der Waals surface area contributed by atoms with Crippen molar-refractivity contribution >= 4 is 34.2 Å². The van der Waals surface area contributed by atoms with Gasteiger partial charge in [0.15, 0.2) is 0 Å². The van der Waals surface area contributed by atoms with Crippen LogP contribution in [0.5, 0.6) is 11.5 Å². The van der Waals surface area contributed by atoms with Gasteiger partial charge in [0.05, 0.1) is 4.92 Å². The Balaban J connectivity index is 2.50. The molecule has 0 unspecified atom stereocenters. The second kappa shape index (κ2) is 6.04. The summed E-state index contributed by atoms with van der Waals surface area (Å²) in [7, 11) is 0. The molecular weight excluding hydrogens is 396 g/mol. The van der Waals surface area contributed by atoms with Crippen LogP contribution >= 0.6 is 22.6 Å². The standard InChI is InChI=1S/C13H7FINO5/c14-7-1-3-10(16(19)20)12(5-7)21-11-4-2-8(15)6-9(11)13(17)18/h1-6H,(H,17,18). The Bertz CT molecular complexity index is 734. The van der Waals surface area contributed by atoms with E-state index in [9.17, 15) is 19.3 Å². The molecule has 21 heavy (non-hydrogen) atoms. The number of hydrogen-bond acceptors (Lipinski definition) is 4. The van der Waals surface area contributed by atoms with E-state index in [4.69, 9.17) is 9.84 Å². The summed E-state index contributed by atoms with van der Waals surface area (Å²) in [5, 5.41) is 20.0. The van der Waals surface area contributed by atoms with E-state index in [1.54, 1.807) is 6.07 Å². The molecular formula is C13H7FINO5. The number of hydrogen-bond donors (Lipinski definition) is 1. The number of nitro groups is 1. The minimum Gasteiger partial charge on any atom is -0.478 e. The van der Waals surface area contributed by atoms with Crippen molar-refractivity contribution in [1.29, 1.82) is 0 Å². The SMILES string of the molecule is O=C(O)c1cc(I)ccc1Oc1cc(F)ccc1[N+](=O)[O-]. The number of carbonyl (C=O) groups is 1. The van der Waals surface area contributed by atoms with Gasteiger partial charge in [-0.05, 0) is 46.9 Å². The van der Waals surface area contributed by atoms with E-state index < -0.39 is 22.4 Å². The minimum atomic E-state index is -1.25. The molecule has 2 rings (SSSR count). The van der Waals surface area contributed by atoms with Crippen molar-refractivity contribution in [1.82, 2.24) is 0 Å². The maximum absolute atomic E-state index is 13.2. The average molecular weight is 403 g/mol. The third-order valence-corrected chi connectivity index (χ3v) is 3.18. The molecule has 0 saturated heterocycles. The summed E-state index contributed by atoms with van der Waals surface area (Å²) >= 11 is 1.92. The fraction of sp³-hybridized carbons (Fsp3) is 0. The van der Waals surface area contributed by atoms with Gasteiger partial charge in [-0.3, -0.25) is 10.1 Å². The van der Waals surface area contributed by atoms with Crippen molar-refractivity contribution in [2.75, 3.05) is 0 Å². The van der Waals surface area contributed by atoms with Gasteiger partial charge in [-0.1, -0.05) is 0 Å². The molecule has 0 fully saturated rings. The van der Waals surface area contributed by atoms with Gasteiger partial charge in [-0.25, -0.2) is 9.18 Å². The van der Waals surface area contributed by atoms with Crippen LogP contribution in [0.25, 0.3) is 0 Å². The van der Waals surface area contributed by atoms with Crippen LogP contribution in [0.1, 0.15) is 10.4 Å². The number of rotatable bonds is 4. The van der Waals surface area contributed by atoms with E-state index in [1.807, 2.05) is 22.6 Å². The lowest BCUT2D eigenvalue weighted by atomic mass is 10.2. The molecule has 0 bridgehead atoms. The van der Waals surface area contributed by atoms with Crippen molar-refractivity contribution in [2.45, 2.75) is 0 Å². The number of halogens is 2. The number of aromatic carboxylic acids is 1. The number of carboxylic acid groups (broad SMARTS) is 1. The maximum atomic E-state index is 13.2. The van der Waals surface area contributed by atoms with E-state index in [0.717, 1.165) is 18.2 Å². The Labute approximate surface area is 131 Å². The Morgan fingerprint density at radius 2 is 1.95 bits per heavy atom. The lowest BCUT2D eigenvalue weighted by Gasteiger charge is -2.09. The number of nitro benzene ring substituents is 1. The van der Waals surface area contributed by atoms with Crippen LogP contribution in [0.15, 0.2) is 36.4 Å². The molecule has 108 valence electrons. The number of carboxylic acids is 1. The first-order valence-electron chi connectivity index (χ1n) is 5.53. The van der Waals surface area contributed by atoms with Crippen LogP contribution in [0.3, 0.4) is 0 Å². The van der Waals surface area contributed by atoms with Gasteiger partial charge in [0, 0.05) is 15.7 Å². The molecule has 0 saturated carbocycles. The van der Waals surface area contributed by atoms with Crippen LogP contribution in [0.2, 0.25) is 0 Å². The van der Waals surface area contributed by atoms with Crippen molar-refractivity contribution in [2.24, 2.45) is 0 Å². The first kappa shape index (κ1) is 15.2. The monoisotopic (exact) mass is 403 g/mol. The molecule has 0 aliphatic carbocycles. The molecule has 2 aromatic carbocycles. The normalized spacial score (nSPS) is 10.2. The second-order valence-corrected chi connectivity index (χ2v) is 5.16. The fourth-order valence-electron chi connectivity index (χ4n) is 1.60. The van der Waals surface area contributed by atoms with Gasteiger partial charge < -0.3 is 9.84 Å². The van der Waals surface area contributed by atoms with Crippen LogP contribution in [0, 0.1) is 19.5 Å². The molecule has 0 aliphatic rings. The van der Waals surface area contributed by atoms with Gasteiger partial charge >= 0.3 is 11.7 Å². The molecule has 0 atom stereocenters. The summed E-state index contributed by atoms with van der Waals surface area (Å²) in [6, 6.07) is 7.01. The largest absolute Gasteiger partial charge is 0.478 e. The smallest absolute Gasteiger partial charge is 0.339 e. The van der Waals surface area contributed by atoms with Crippen molar-refractivity contribution < 1.29 is 24.0 Å². The molecule has 0 spiro atoms. The Morgan fingerprint density at radius 1 is 1.24 bits per heavy atom. The Morgan fingerprint density at radius 3 is 2.57 bits per heavy atom. The van der Waals surface area contributed by atoms with Gasteiger partial charge in [-0.2, -0.15) is 0 Å². The molecule has 0 aromatic heterocycles. The zero-order chi connectivity index (χ0) is 15.6. The summed E-state index contributed by atoms with van der Waals surface area (Å²) in [6.45, 7) is 0. The summed E-state index contributed by atoms with van der Waals surface area (Å²) < 4.78 is 19.1. The van der Waals surface area contributed by atoms with E-state index in [0.29, 0.717) is 3.57 Å². The lowest BCUT2D eigenvalue weighted by Crippen LogP contribution is -2.02. The highest BCUT2D eigenvalue weighted by molar-refractivity contribution is 14.1. The molecule has 0 radical (unpaired) electrons. The molecule has 0 amide bonds. The second-order valence-electron chi connectivity index (χ2n) is 3.92. The molecule has 0 heterocycles. The highest BCUT2D eigenvalue weighted by atomic mass is 127. The van der Waals surface area contributed by atoms with E-state index in [2.05, 4.69) is 0 Å². The van der Waals surface area contributed by atoms with Crippen molar-refractivity contribution in [3.05, 3.63) is 61.5 Å². The topological polar surface area (TPSA) is 89.7 Å². The fourth-order valence-corrected chi connectivity index (χ4v) is 2.09. The molecule has 1 N–H and O–H groups in total. The van der Waals surface area contributed by atoms with E-state index in [1.165, 1.54) is 12.1 Å². The summed E-state index contributed by atoms with van der Waals surface area (Å²) in [4.78, 5) is 21.3. The zero-order valence-corrected chi connectivity index (χ0v) is 12.4. The Kier molecular flexibility index (Phi) is 4.36. The third-order valence-electron chi connectivity index (χ3n) is 2.51. The first-order chi connectivity index (χ1) is 9.88. The van der Waals surface area contributed by atoms with E-state index in [-0.39, 0.29) is 17.1 Å². The maximum Gasteiger partial charge on any atom is 0.339 e. The van der Waals surface area contributed by atoms with Crippen LogP contribution in [0.4, 0.5) is 10.1 Å². The minimum absolute atomic E-state index is 0.100. The third kappa shape index (κ3) is 3.45. The summed E-state index contributed by atoms with van der Waals surface area (Å²) in [5.41, 5.74) is -0.619. The van der Waals surface area contributed by atoms with Crippen molar-refractivity contribution in [3.8, 4) is 11.5 Å². The predicted molar refractivity (Wildman–Crippen MR) is 79.2 cm³/mol. The zero-order valence-electron chi connectivity index (χ0n) is 10.2. The summed E-state index contributed by atoms with van der Waals surface area (Å²) in [5.74, 6) is -2.43. The molecule has 6 nitrogen and oxygen atoms in total. The van der Waals surface area contributed by atoms with Crippen molar-refractivity contribution in [3.63, 3.8) is 0 Å². The van der Waals surface area contributed by atoms with E-state index >= 15 is 0 Å². The van der Waals surface area contributed by atoms with Crippen LogP contribution < -0.4 is 4.74 Å². The number of ether oxygens (including phenoxy) is 1. The lowest BCUT2D eigenvalue weighted by molar-refractivity contribution is -0.385. The van der Waals surface area contributed by atoms with Crippen LogP contribution in [-0.4, -0.2) is 16.0 Å². The van der Waals surface area contributed by atoms with Gasteiger partial charge in [0.2, 0.25) is 5.75 Å².